The maximum Gasteiger partial charge on any atom is 0.272 e. The van der Waals surface area contributed by atoms with Gasteiger partial charge >= 0.3 is 0 Å². The first kappa shape index (κ1) is 20.0. The number of hydrogen-bond acceptors (Lipinski definition) is 4. The van der Waals surface area contributed by atoms with E-state index in [-0.39, 0.29) is 12.0 Å². The molecule has 31 heavy (non-hydrogen) atoms. The van der Waals surface area contributed by atoms with E-state index in [1.54, 1.807) is 6.07 Å². The Morgan fingerprint density at radius 2 is 1.35 bits per heavy atom. The van der Waals surface area contributed by atoms with Gasteiger partial charge in [-0.3, -0.25) is 4.79 Å². The number of nitrogens with zero attached hydrogens (tertiary/aromatic N) is 3. The van der Waals surface area contributed by atoms with Gasteiger partial charge in [0.2, 0.25) is 0 Å². The van der Waals surface area contributed by atoms with E-state index in [0.717, 1.165) is 22.3 Å². The second-order valence-electron chi connectivity index (χ2n) is 6.93. The van der Waals surface area contributed by atoms with Gasteiger partial charge in [0, 0.05) is 24.3 Å². The largest absolute Gasteiger partial charge is 0.411 e. The zero-order chi connectivity index (χ0) is 21.5. The first-order valence-corrected chi connectivity index (χ1v) is 9.93. The molecule has 0 spiro atoms. The van der Waals surface area contributed by atoms with Gasteiger partial charge in [-0.2, -0.15) is 9.78 Å². The van der Waals surface area contributed by atoms with Crippen LogP contribution in [0.15, 0.2) is 118 Å². The van der Waals surface area contributed by atoms with Gasteiger partial charge in [0.15, 0.2) is 0 Å². The maximum atomic E-state index is 13.2. The van der Waals surface area contributed by atoms with Crippen molar-refractivity contribution in [2.24, 2.45) is 10.3 Å². The topological polar surface area (TPSA) is 67.0 Å². The van der Waals surface area contributed by atoms with Gasteiger partial charge in [-0.25, -0.2) is 0 Å². The van der Waals surface area contributed by atoms with Gasteiger partial charge in [-0.15, -0.1) is 5.16 Å². The van der Waals surface area contributed by atoms with Gasteiger partial charge in [0.05, 0.1) is 11.4 Å². The number of pyridine rings is 1. The van der Waals surface area contributed by atoms with Gasteiger partial charge in [0.1, 0.15) is 0 Å². The minimum Gasteiger partial charge on any atom is -0.411 e. The van der Waals surface area contributed by atoms with Crippen LogP contribution in [0.4, 0.5) is 0 Å². The van der Waals surface area contributed by atoms with Gasteiger partial charge in [0.25, 0.3) is 5.56 Å². The van der Waals surface area contributed by atoms with Crippen molar-refractivity contribution in [3.05, 3.63) is 119 Å². The maximum absolute atomic E-state index is 13.2. The number of oxime groups is 1. The number of benzene rings is 3. The number of hydrogen-bond donors (Lipinski definition) is 1. The molecular formula is C26H21N3O2. The van der Waals surface area contributed by atoms with E-state index in [0.29, 0.717) is 11.4 Å². The van der Waals surface area contributed by atoms with Crippen molar-refractivity contribution in [2.45, 2.75) is 6.42 Å². The summed E-state index contributed by atoms with van der Waals surface area (Å²) in [5.41, 5.74) is 4.57. The Kier molecular flexibility index (Phi) is 6.14. The normalized spacial score (nSPS) is 11.7. The van der Waals surface area contributed by atoms with E-state index in [2.05, 4.69) is 5.16 Å². The lowest BCUT2D eigenvalue weighted by Gasteiger charge is -2.13. The highest BCUT2D eigenvalue weighted by Gasteiger charge is 2.12. The molecule has 5 nitrogen and oxygen atoms in total. The molecule has 1 N–H and O–H groups in total. The van der Waals surface area contributed by atoms with Crippen molar-refractivity contribution in [3.63, 3.8) is 0 Å². The van der Waals surface area contributed by atoms with Crippen molar-refractivity contribution in [1.29, 1.82) is 0 Å². The second kappa shape index (κ2) is 9.50. The lowest BCUT2D eigenvalue weighted by atomic mass is 10.0. The summed E-state index contributed by atoms with van der Waals surface area (Å²) in [5, 5.41) is 16.7. The van der Waals surface area contributed by atoms with Crippen LogP contribution >= 0.6 is 0 Å². The molecule has 152 valence electrons. The average Bonchev–Trinajstić information content (AvgIpc) is 2.84. The van der Waals surface area contributed by atoms with Crippen molar-refractivity contribution in [3.8, 4) is 22.4 Å². The molecular weight excluding hydrogens is 386 g/mol. The minimum atomic E-state index is -0.241. The Labute approximate surface area is 180 Å². The van der Waals surface area contributed by atoms with E-state index in [9.17, 15) is 4.79 Å². The Hall–Kier alpha value is -4.25. The Morgan fingerprint density at radius 1 is 0.774 bits per heavy atom. The molecule has 0 atom stereocenters. The van der Waals surface area contributed by atoms with Crippen LogP contribution in [-0.4, -0.2) is 21.8 Å². The smallest absolute Gasteiger partial charge is 0.272 e. The summed E-state index contributed by atoms with van der Waals surface area (Å²) < 4.78 is 1.41. The zero-order valence-electron chi connectivity index (χ0n) is 16.8. The van der Waals surface area contributed by atoms with E-state index >= 15 is 0 Å². The van der Waals surface area contributed by atoms with E-state index in [1.165, 1.54) is 10.9 Å². The van der Waals surface area contributed by atoms with Crippen LogP contribution in [0.5, 0.6) is 0 Å². The summed E-state index contributed by atoms with van der Waals surface area (Å²) in [7, 11) is 0. The molecule has 0 aliphatic heterocycles. The molecule has 0 unspecified atom stereocenters. The Balaban J connectivity index is 1.94. The summed E-state index contributed by atoms with van der Waals surface area (Å²) in [6, 6.07) is 32.6. The molecule has 1 heterocycles. The summed E-state index contributed by atoms with van der Waals surface area (Å²) in [6.45, 7) is 0. The van der Waals surface area contributed by atoms with Crippen molar-refractivity contribution in [2.75, 3.05) is 0 Å². The number of rotatable bonds is 6. The molecule has 0 fully saturated rings. The molecule has 0 saturated carbocycles. The van der Waals surface area contributed by atoms with Gasteiger partial charge in [-0.1, -0.05) is 91.0 Å². The van der Waals surface area contributed by atoms with Crippen molar-refractivity contribution < 1.29 is 5.21 Å². The first-order valence-electron chi connectivity index (χ1n) is 9.93. The van der Waals surface area contributed by atoms with Gasteiger partial charge < -0.3 is 5.21 Å². The molecule has 0 saturated heterocycles. The average molecular weight is 407 g/mol. The van der Waals surface area contributed by atoms with Crippen LogP contribution in [0, 0.1) is 0 Å². The van der Waals surface area contributed by atoms with Crippen LogP contribution in [0.2, 0.25) is 0 Å². The van der Waals surface area contributed by atoms with Gasteiger partial charge in [-0.05, 0) is 22.8 Å². The first-order chi connectivity index (χ1) is 15.3. The third kappa shape index (κ3) is 4.67. The van der Waals surface area contributed by atoms with E-state index in [1.807, 2.05) is 97.1 Å². The SMILES string of the molecule is O=c1cc(-c2ccccc2)cc(-c2ccccc2)n1/N=C(\C/C=N/O)c1ccccc1. The molecule has 4 aromatic rings. The predicted molar refractivity (Wildman–Crippen MR) is 125 cm³/mol. The summed E-state index contributed by atoms with van der Waals surface area (Å²) in [6.07, 6.45) is 1.64. The quantitative estimate of drug-likeness (QED) is 0.268. The zero-order valence-corrected chi connectivity index (χ0v) is 16.8. The molecule has 5 heteroatoms. The lowest BCUT2D eigenvalue weighted by molar-refractivity contribution is 0.321. The fraction of sp³-hybridized carbons (Fsp3) is 0.0385. The standard InChI is InChI=1S/C26H21N3O2/c30-26-19-23(20-10-4-1-5-11-20)18-25(22-14-8-3-9-15-22)29(26)28-24(16-17-27-31)21-12-6-2-7-13-21/h1-15,17-19,31H,16H2/b27-17+,28-24+. The van der Waals surface area contributed by atoms with Crippen LogP contribution in [-0.2, 0) is 0 Å². The molecule has 0 bridgehead atoms. The minimum absolute atomic E-state index is 0.241. The highest BCUT2D eigenvalue weighted by molar-refractivity contribution is 6.07. The van der Waals surface area contributed by atoms with E-state index < -0.39 is 0 Å². The third-order valence-corrected chi connectivity index (χ3v) is 4.88. The van der Waals surface area contributed by atoms with Crippen molar-refractivity contribution in [1.82, 2.24) is 4.68 Å². The van der Waals surface area contributed by atoms with Crippen molar-refractivity contribution >= 4 is 11.9 Å². The fourth-order valence-corrected chi connectivity index (χ4v) is 3.37. The molecule has 0 radical (unpaired) electrons. The second-order valence-corrected chi connectivity index (χ2v) is 6.93. The summed E-state index contributed by atoms with van der Waals surface area (Å²) >= 11 is 0. The van der Waals surface area contributed by atoms with Crippen LogP contribution < -0.4 is 5.56 Å². The van der Waals surface area contributed by atoms with Crippen LogP contribution in [0.25, 0.3) is 22.4 Å². The molecule has 1 aromatic heterocycles. The molecule has 0 aliphatic rings. The molecule has 0 aliphatic carbocycles. The molecule has 4 rings (SSSR count). The lowest BCUT2D eigenvalue weighted by Crippen LogP contribution is -2.20. The van der Waals surface area contributed by atoms with Crippen LogP contribution in [0.3, 0.4) is 0 Å². The predicted octanol–water partition coefficient (Wildman–Crippen LogP) is 5.28. The third-order valence-electron chi connectivity index (χ3n) is 4.88. The van der Waals surface area contributed by atoms with E-state index in [4.69, 9.17) is 10.3 Å². The fourth-order valence-electron chi connectivity index (χ4n) is 3.37. The Morgan fingerprint density at radius 3 is 1.97 bits per heavy atom. The highest BCUT2D eigenvalue weighted by atomic mass is 16.4. The molecule has 3 aromatic carbocycles. The highest BCUT2D eigenvalue weighted by Crippen LogP contribution is 2.25. The number of aromatic nitrogens is 1. The summed E-state index contributed by atoms with van der Waals surface area (Å²) in [4.78, 5) is 13.2. The summed E-state index contributed by atoms with van der Waals surface area (Å²) in [5.74, 6) is 0. The molecule has 0 amide bonds. The monoisotopic (exact) mass is 407 g/mol. The Bertz CT molecular complexity index is 1260. The van der Waals surface area contributed by atoms with Crippen LogP contribution in [0.1, 0.15) is 12.0 Å².